The van der Waals surface area contributed by atoms with Crippen molar-refractivity contribution in [2.75, 3.05) is 6.61 Å². The smallest absolute Gasteiger partial charge is 0.119 e. The van der Waals surface area contributed by atoms with Gasteiger partial charge in [0.15, 0.2) is 0 Å². The molecule has 3 rings (SSSR count). The Morgan fingerprint density at radius 1 is 1.04 bits per heavy atom. The van der Waals surface area contributed by atoms with Crippen molar-refractivity contribution in [2.24, 2.45) is 0 Å². The van der Waals surface area contributed by atoms with E-state index in [-0.39, 0.29) is 6.61 Å². The molecular formula is C19H20N2O2. The third-order valence-electron chi connectivity index (χ3n) is 3.69. The van der Waals surface area contributed by atoms with Crippen LogP contribution in [0.4, 0.5) is 0 Å². The fraction of sp³-hybridized carbons (Fsp3) is 0.211. The number of rotatable bonds is 6. The van der Waals surface area contributed by atoms with E-state index in [4.69, 9.17) is 9.84 Å². The zero-order valence-electron chi connectivity index (χ0n) is 13.1. The summed E-state index contributed by atoms with van der Waals surface area (Å²) in [7, 11) is 0. The molecule has 0 atom stereocenters. The number of hydrogen-bond donors (Lipinski definition) is 1. The molecule has 0 saturated heterocycles. The number of aromatic nitrogens is 2. The van der Waals surface area contributed by atoms with Gasteiger partial charge in [0.25, 0.3) is 0 Å². The molecule has 4 nitrogen and oxygen atoms in total. The Hall–Kier alpha value is -2.59. The molecular weight excluding hydrogens is 288 g/mol. The molecule has 0 unspecified atom stereocenters. The summed E-state index contributed by atoms with van der Waals surface area (Å²) in [4.78, 5) is 0. The number of nitrogens with zero attached hydrogens (tertiary/aromatic N) is 2. The first kappa shape index (κ1) is 15.3. The van der Waals surface area contributed by atoms with Gasteiger partial charge in [-0.2, -0.15) is 5.10 Å². The molecule has 0 bridgehead atoms. The molecule has 0 radical (unpaired) electrons. The largest absolute Gasteiger partial charge is 0.489 e. The third-order valence-corrected chi connectivity index (χ3v) is 3.69. The van der Waals surface area contributed by atoms with Crippen LogP contribution in [0.2, 0.25) is 0 Å². The summed E-state index contributed by atoms with van der Waals surface area (Å²) >= 11 is 0. The molecule has 1 heterocycles. The van der Waals surface area contributed by atoms with Crippen molar-refractivity contribution in [2.45, 2.75) is 20.1 Å². The summed E-state index contributed by atoms with van der Waals surface area (Å²) < 4.78 is 7.61. The molecule has 0 fully saturated rings. The summed E-state index contributed by atoms with van der Waals surface area (Å²) in [6.45, 7) is 3.16. The van der Waals surface area contributed by atoms with Crippen LogP contribution in [0.15, 0.2) is 60.7 Å². The standard InChI is InChI=1S/C19H20N2O2/c1-15-13-19(20-21(15)11-12-22)17-7-9-18(10-8-17)23-14-16-5-3-2-4-6-16/h2-10,13,22H,11-12,14H2,1H3. The Balaban J connectivity index is 1.68. The van der Waals surface area contributed by atoms with Gasteiger partial charge in [-0.05, 0) is 42.8 Å². The van der Waals surface area contributed by atoms with E-state index in [0.717, 1.165) is 28.3 Å². The lowest BCUT2D eigenvalue weighted by Gasteiger charge is -2.06. The molecule has 4 heteroatoms. The van der Waals surface area contributed by atoms with E-state index in [9.17, 15) is 0 Å². The molecule has 118 valence electrons. The van der Waals surface area contributed by atoms with Gasteiger partial charge in [0, 0.05) is 11.3 Å². The SMILES string of the molecule is Cc1cc(-c2ccc(OCc3ccccc3)cc2)nn1CCO. The average molecular weight is 308 g/mol. The summed E-state index contributed by atoms with van der Waals surface area (Å²) in [5, 5.41) is 13.5. The molecule has 0 saturated carbocycles. The number of aryl methyl sites for hydroxylation is 1. The highest BCUT2D eigenvalue weighted by Crippen LogP contribution is 2.22. The zero-order chi connectivity index (χ0) is 16.1. The van der Waals surface area contributed by atoms with Crippen LogP contribution in [0.3, 0.4) is 0 Å². The van der Waals surface area contributed by atoms with Gasteiger partial charge in [-0.1, -0.05) is 30.3 Å². The van der Waals surface area contributed by atoms with E-state index >= 15 is 0 Å². The lowest BCUT2D eigenvalue weighted by atomic mass is 10.1. The number of aliphatic hydroxyl groups is 1. The van der Waals surface area contributed by atoms with Crippen LogP contribution in [-0.2, 0) is 13.2 Å². The van der Waals surface area contributed by atoms with E-state index in [1.54, 1.807) is 0 Å². The number of aliphatic hydroxyl groups excluding tert-OH is 1. The zero-order valence-corrected chi connectivity index (χ0v) is 13.1. The molecule has 2 aromatic carbocycles. The van der Waals surface area contributed by atoms with Gasteiger partial charge in [-0.15, -0.1) is 0 Å². The highest BCUT2D eigenvalue weighted by atomic mass is 16.5. The minimum Gasteiger partial charge on any atom is -0.489 e. The second-order valence-electron chi connectivity index (χ2n) is 5.42. The summed E-state index contributed by atoms with van der Waals surface area (Å²) in [5.74, 6) is 0.837. The molecule has 0 aliphatic carbocycles. The minimum atomic E-state index is 0.0915. The van der Waals surface area contributed by atoms with Gasteiger partial charge in [-0.3, -0.25) is 4.68 Å². The highest BCUT2D eigenvalue weighted by molar-refractivity contribution is 5.60. The Morgan fingerprint density at radius 3 is 2.48 bits per heavy atom. The van der Waals surface area contributed by atoms with Gasteiger partial charge < -0.3 is 9.84 Å². The minimum absolute atomic E-state index is 0.0915. The van der Waals surface area contributed by atoms with Crippen molar-refractivity contribution in [3.8, 4) is 17.0 Å². The second kappa shape index (κ2) is 7.11. The topological polar surface area (TPSA) is 47.3 Å². The third kappa shape index (κ3) is 3.79. The predicted molar refractivity (Wildman–Crippen MR) is 90.3 cm³/mol. The quantitative estimate of drug-likeness (QED) is 0.759. The first-order valence-corrected chi connectivity index (χ1v) is 7.69. The van der Waals surface area contributed by atoms with Gasteiger partial charge in [0.05, 0.1) is 18.8 Å². The Kier molecular flexibility index (Phi) is 4.74. The van der Waals surface area contributed by atoms with Crippen molar-refractivity contribution >= 4 is 0 Å². The number of ether oxygens (including phenoxy) is 1. The second-order valence-corrected chi connectivity index (χ2v) is 5.42. The van der Waals surface area contributed by atoms with Gasteiger partial charge in [-0.25, -0.2) is 0 Å². The van der Waals surface area contributed by atoms with Crippen LogP contribution in [0.1, 0.15) is 11.3 Å². The lowest BCUT2D eigenvalue weighted by molar-refractivity contribution is 0.268. The normalized spacial score (nSPS) is 10.7. The van der Waals surface area contributed by atoms with Crippen molar-refractivity contribution in [3.05, 3.63) is 71.9 Å². The van der Waals surface area contributed by atoms with Crippen molar-refractivity contribution in [1.82, 2.24) is 9.78 Å². The van der Waals surface area contributed by atoms with Crippen LogP contribution in [0.5, 0.6) is 5.75 Å². The summed E-state index contributed by atoms with van der Waals surface area (Å²) in [5.41, 5.74) is 4.14. The number of hydrogen-bond acceptors (Lipinski definition) is 3. The fourth-order valence-corrected chi connectivity index (χ4v) is 2.44. The summed E-state index contributed by atoms with van der Waals surface area (Å²) in [6.07, 6.45) is 0. The molecule has 0 amide bonds. The van der Waals surface area contributed by atoms with Crippen molar-refractivity contribution < 1.29 is 9.84 Å². The maximum Gasteiger partial charge on any atom is 0.119 e. The van der Waals surface area contributed by atoms with E-state index in [0.29, 0.717) is 13.2 Å². The highest BCUT2D eigenvalue weighted by Gasteiger charge is 2.06. The fourth-order valence-electron chi connectivity index (χ4n) is 2.44. The van der Waals surface area contributed by atoms with Crippen molar-refractivity contribution in [3.63, 3.8) is 0 Å². The van der Waals surface area contributed by atoms with Gasteiger partial charge in [0.1, 0.15) is 12.4 Å². The first-order chi connectivity index (χ1) is 11.3. The monoisotopic (exact) mass is 308 g/mol. The van der Waals surface area contributed by atoms with Crippen molar-refractivity contribution in [1.29, 1.82) is 0 Å². The van der Waals surface area contributed by atoms with Crippen LogP contribution in [0.25, 0.3) is 11.3 Å². The van der Waals surface area contributed by atoms with Gasteiger partial charge >= 0.3 is 0 Å². The Labute approximate surface area is 136 Å². The molecule has 0 spiro atoms. The lowest BCUT2D eigenvalue weighted by Crippen LogP contribution is -2.05. The predicted octanol–water partition coefficient (Wildman–Crippen LogP) is 3.43. The van der Waals surface area contributed by atoms with E-state index in [1.165, 1.54) is 0 Å². The number of benzene rings is 2. The Morgan fingerprint density at radius 2 is 1.78 bits per heavy atom. The van der Waals surface area contributed by atoms with Crippen LogP contribution in [0, 0.1) is 6.92 Å². The van der Waals surface area contributed by atoms with E-state index in [2.05, 4.69) is 5.10 Å². The molecule has 1 N–H and O–H groups in total. The van der Waals surface area contributed by atoms with Crippen LogP contribution >= 0.6 is 0 Å². The molecule has 0 aliphatic rings. The Bertz CT molecular complexity index is 749. The van der Waals surface area contributed by atoms with E-state index in [1.807, 2.05) is 72.3 Å². The molecule has 23 heavy (non-hydrogen) atoms. The maximum absolute atomic E-state index is 9.04. The maximum atomic E-state index is 9.04. The molecule has 1 aromatic heterocycles. The average Bonchev–Trinajstić information content (AvgIpc) is 2.96. The van der Waals surface area contributed by atoms with Crippen LogP contribution in [-0.4, -0.2) is 21.5 Å². The van der Waals surface area contributed by atoms with E-state index < -0.39 is 0 Å². The van der Waals surface area contributed by atoms with Gasteiger partial charge in [0.2, 0.25) is 0 Å². The molecule has 0 aliphatic heterocycles. The summed E-state index contributed by atoms with van der Waals surface area (Å²) in [6, 6.07) is 20.1. The first-order valence-electron chi connectivity index (χ1n) is 7.69. The van der Waals surface area contributed by atoms with Crippen LogP contribution < -0.4 is 4.74 Å². The molecule has 3 aromatic rings.